The third kappa shape index (κ3) is 4.15. The number of amides is 1. The van der Waals surface area contributed by atoms with Gasteiger partial charge in [0, 0.05) is 19.1 Å². The molecule has 0 aromatic heterocycles. The molecule has 0 aliphatic carbocycles. The van der Waals surface area contributed by atoms with E-state index in [-0.39, 0.29) is 11.9 Å². The third-order valence-corrected chi connectivity index (χ3v) is 5.50. The van der Waals surface area contributed by atoms with Crippen LogP contribution in [-0.4, -0.2) is 47.9 Å². The number of carbonyl (C=O) groups excluding carboxylic acids is 1. The molecule has 0 spiro atoms. The summed E-state index contributed by atoms with van der Waals surface area (Å²) in [5.74, 6) is 0.108. The maximum atomic E-state index is 12.5. The number of rotatable bonds is 5. The second-order valence-electron chi connectivity index (χ2n) is 6.15. The molecular weight excluding hydrogens is 319 g/mol. The molecule has 5 heteroatoms. The lowest BCUT2D eigenvalue weighted by molar-refractivity contribution is -0.132. The van der Waals surface area contributed by atoms with Gasteiger partial charge < -0.3 is 4.90 Å². The van der Waals surface area contributed by atoms with Crippen LogP contribution in [0.4, 0.5) is 0 Å². The van der Waals surface area contributed by atoms with Gasteiger partial charge in [-0.3, -0.25) is 9.69 Å². The summed E-state index contributed by atoms with van der Waals surface area (Å²) in [5, 5.41) is 1.01. The van der Waals surface area contributed by atoms with Crippen molar-refractivity contribution in [2.45, 2.75) is 45.2 Å². The smallest absolute Gasteiger partial charge is 0.227 e. The quantitative estimate of drug-likeness (QED) is 0.810. The molecule has 1 aromatic rings. The van der Waals surface area contributed by atoms with Crippen molar-refractivity contribution in [1.82, 2.24) is 9.80 Å². The number of likely N-dealkylation sites (N-methyl/N-ethyl adjacent to an activating group) is 1. The number of likely N-dealkylation sites (tertiary alicyclic amines) is 1. The number of benzene rings is 1. The molecule has 0 radical (unpaired) electrons. The first-order valence-electron chi connectivity index (χ1n) is 7.83. The maximum absolute atomic E-state index is 12.5. The first-order valence-corrected chi connectivity index (χ1v) is 8.59. The van der Waals surface area contributed by atoms with Crippen molar-refractivity contribution >= 4 is 29.1 Å². The molecule has 1 saturated heterocycles. The lowest BCUT2D eigenvalue weighted by Gasteiger charge is -2.35. The first-order chi connectivity index (χ1) is 10.4. The molecule has 0 N–H and O–H groups in total. The van der Waals surface area contributed by atoms with Gasteiger partial charge in [-0.05, 0) is 57.5 Å². The number of hydrogen-bond acceptors (Lipinski definition) is 2. The van der Waals surface area contributed by atoms with Crippen LogP contribution >= 0.6 is 23.2 Å². The summed E-state index contributed by atoms with van der Waals surface area (Å²) < 4.78 is 0. The van der Waals surface area contributed by atoms with Crippen LogP contribution in [0.15, 0.2) is 18.2 Å². The van der Waals surface area contributed by atoms with Crippen LogP contribution < -0.4 is 0 Å². The Labute approximate surface area is 143 Å². The molecule has 1 aliphatic rings. The van der Waals surface area contributed by atoms with Crippen molar-refractivity contribution in [1.29, 1.82) is 0 Å². The molecule has 1 aliphatic heterocycles. The number of carbonyl (C=O) groups is 1. The zero-order valence-corrected chi connectivity index (χ0v) is 15.0. The van der Waals surface area contributed by atoms with Crippen molar-refractivity contribution in [2.24, 2.45) is 0 Å². The second kappa shape index (κ2) is 7.67. The van der Waals surface area contributed by atoms with E-state index in [0.29, 0.717) is 22.5 Å². The topological polar surface area (TPSA) is 23.6 Å². The minimum absolute atomic E-state index is 0.108. The zero-order valence-electron chi connectivity index (χ0n) is 13.5. The summed E-state index contributed by atoms with van der Waals surface area (Å²) in [4.78, 5) is 16.8. The van der Waals surface area contributed by atoms with Gasteiger partial charge in [0.25, 0.3) is 0 Å². The Morgan fingerprint density at radius 1 is 1.23 bits per heavy atom. The van der Waals surface area contributed by atoms with Crippen molar-refractivity contribution in [2.75, 3.05) is 20.1 Å². The monoisotopic (exact) mass is 342 g/mol. The van der Waals surface area contributed by atoms with E-state index < -0.39 is 0 Å². The molecule has 2 rings (SSSR count). The van der Waals surface area contributed by atoms with E-state index in [4.69, 9.17) is 23.2 Å². The first kappa shape index (κ1) is 17.6. The van der Waals surface area contributed by atoms with Crippen molar-refractivity contribution in [3.63, 3.8) is 0 Å². The van der Waals surface area contributed by atoms with Crippen LogP contribution in [0.25, 0.3) is 0 Å². The maximum Gasteiger partial charge on any atom is 0.227 e. The predicted molar refractivity (Wildman–Crippen MR) is 92.7 cm³/mol. The van der Waals surface area contributed by atoms with Gasteiger partial charge in [-0.2, -0.15) is 0 Å². The van der Waals surface area contributed by atoms with E-state index >= 15 is 0 Å². The second-order valence-corrected chi connectivity index (χ2v) is 6.97. The van der Waals surface area contributed by atoms with Gasteiger partial charge in [0.1, 0.15) is 0 Å². The molecule has 1 amide bonds. The van der Waals surface area contributed by atoms with Gasteiger partial charge in [0.05, 0.1) is 16.5 Å². The van der Waals surface area contributed by atoms with Gasteiger partial charge in [0.15, 0.2) is 0 Å². The number of halogens is 2. The summed E-state index contributed by atoms with van der Waals surface area (Å²) in [6.07, 6.45) is 2.88. The molecule has 0 saturated carbocycles. The van der Waals surface area contributed by atoms with Crippen molar-refractivity contribution < 1.29 is 4.79 Å². The van der Waals surface area contributed by atoms with Gasteiger partial charge in [-0.15, -0.1) is 0 Å². The Balaban J connectivity index is 1.96. The number of hydrogen-bond donors (Lipinski definition) is 0. The van der Waals surface area contributed by atoms with Crippen LogP contribution in [0, 0.1) is 0 Å². The molecule has 0 unspecified atom stereocenters. The van der Waals surface area contributed by atoms with Crippen molar-refractivity contribution in [3.8, 4) is 0 Å². The molecule has 1 heterocycles. The molecule has 22 heavy (non-hydrogen) atoms. The number of nitrogens with zero attached hydrogens (tertiary/aromatic N) is 2. The summed E-state index contributed by atoms with van der Waals surface area (Å²) >= 11 is 11.9. The average molecular weight is 343 g/mol. The third-order valence-electron chi connectivity index (χ3n) is 4.76. The highest BCUT2D eigenvalue weighted by Crippen LogP contribution is 2.23. The lowest BCUT2D eigenvalue weighted by Crippen LogP contribution is -2.49. The van der Waals surface area contributed by atoms with Gasteiger partial charge in [0.2, 0.25) is 5.91 Å². The van der Waals surface area contributed by atoms with Gasteiger partial charge >= 0.3 is 0 Å². The van der Waals surface area contributed by atoms with Gasteiger partial charge in [-0.1, -0.05) is 29.3 Å². The predicted octanol–water partition coefficient (Wildman–Crippen LogP) is 3.87. The highest BCUT2D eigenvalue weighted by atomic mass is 35.5. The van der Waals surface area contributed by atoms with E-state index in [2.05, 4.69) is 18.7 Å². The minimum Gasteiger partial charge on any atom is -0.341 e. The van der Waals surface area contributed by atoms with Crippen LogP contribution in [0.5, 0.6) is 0 Å². The van der Waals surface area contributed by atoms with E-state index in [1.807, 2.05) is 18.0 Å². The van der Waals surface area contributed by atoms with E-state index in [1.165, 1.54) is 12.8 Å². The van der Waals surface area contributed by atoms with Crippen LogP contribution in [0.3, 0.4) is 0 Å². The summed E-state index contributed by atoms with van der Waals surface area (Å²) in [7, 11) is 1.89. The highest BCUT2D eigenvalue weighted by Gasteiger charge is 2.27. The highest BCUT2D eigenvalue weighted by molar-refractivity contribution is 6.42. The molecule has 3 nitrogen and oxygen atoms in total. The standard InChI is InChI=1S/C17H24Cl2N2O/c1-12(13(2)21-8-4-5-9-21)20(3)17(22)11-14-6-7-15(18)16(19)10-14/h6-7,10,12-13H,4-5,8-9,11H2,1-3H3/t12-,13-/m1/s1. The van der Waals surface area contributed by atoms with Crippen LogP contribution in [0.2, 0.25) is 10.0 Å². The fraction of sp³-hybridized carbons (Fsp3) is 0.588. The Hall–Kier alpha value is -0.770. The molecule has 122 valence electrons. The van der Waals surface area contributed by atoms with Crippen molar-refractivity contribution in [3.05, 3.63) is 33.8 Å². The Kier molecular flexibility index (Phi) is 6.13. The van der Waals surface area contributed by atoms with Crippen LogP contribution in [-0.2, 0) is 11.2 Å². The SMILES string of the molecule is C[C@H]([C@@H](C)N(C)C(=O)Cc1ccc(Cl)c(Cl)c1)N1CCCC1. The van der Waals surface area contributed by atoms with Crippen LogP contribution in [0.1, 0.15) is 32.3 Å². The Bertz CT molecular complexity index is 529. The molecule has 1 fully saturated rings. The lowest BCUT2D eigenvalue weighted by atomic mass is 10.1. The Morgan fingerprint density at radius 3 is 2.45 bits per heavy atom. The minimum atomic E-state index is 0.108. The largest absolute Gasteiger partial charge is 0.341 e. The Morgan fingerprint density at radius 2 is 1.86 bits per heavy atom. The average Bonchev–Trinajstić information content (AvgIpc) is 3.03. The molecular formula is C17H24Cl2N2O. The van der Waals surface area contributed by atoms with E-state index in [9.17, 15) is 4.79 Å². The normalized spacial score (nSPS) is 18.2. The van der Waals surface area contributed by atoms with Gasteiger partial charge in [-0.25, -0.2) is 0 Å². The zero-order chi connectivity index (χ0) is 16.3. The molecule has 2 atom stereocenters. The summed E-state index contributed by atoms with van der Waals surface area (Å²) in [5.41, 5.74) is 0.896. The summed E-state index contributed by atoms with van der Waals surface area (Å²) in [6, 6.07) is 5.93. The molecule has 0 bridgehead atoms. The van der Waals surface area contributed by atoms with E-state index in [1.54, 1.807) is 12.1 Å². The fourth-order valence-electron chi connectivity index (χ4n) is 2.95. The molecule has 1 aromatic carbocycles. The summed E-state index contributed by atoms with van der Waals surface area (Å²) in [6.45, 7) is 6.61. The van der Waals surface area contributed by atoms with E-state index in [0.717, 1.165) is 18.7 Å². The fourth-order valence-corrected chi connectivity index (χ4v) is 3.27.